The van der Waals surface area contributed by atoms with Crippen molar-refractivity contribution < 1.29 is 18.1 Å². The SMILES string of the molecule is O=C(c1cc([N+](=O)[O-])ccc1N1CCCC1)N1CCc2cc(S(=O)(=O)N3CCCCC3)ccc21. The molecule has 0 spiro atoms. The predicted octanol–water partition coefficient (Wildman–Crippen LogP) is 3.57. The fourth-order valence-corrected chi connectivity index (χ4v) is 6.76. The van der Waals surface area contributed by atoms with E-state index in [0.717, 1.165) is 50.8 Å². The van der Waals surface area contributed by atoms with Crippen molar-refractivity contribution in [1.29, 1.82) is 0 Å². The van der Waals surface area contributed by atoms with Crippen molar-refractivity contribution in [2.75, 3.05) is 42.5 Å². The van der Waals surface area contributed by atoms with Crippen LogP contribution in [0.15, 0.2) is 41.3 Å². The number of sulfonamides is 1. The van der Waals surface area contributed by atoms with Crippen molar-refractivity contribution in [2.45, 2.75) is 43.4 Å². The first kappa shape index (κ1) is 22.8. The molecule has 2 fully saturated rings. The summed E-state index contributed by atoms with van der Waals surface area (Å²) in [6.45, 7) is 3.11. The van der Waals surface area contributed by atoms with Crippen LogP contribution in [0.3, 0.4) is 0 Å². The Balaban J connectivity index is 1.46. The van der Waals surface area contributed by atoms with Crippen LogP contribution in [0.5, 0.6) is 0 Å². The normalized spacial score (nSPS) is 18.8. The summed E-state index contributed by atoms with van der Waals surface area (Å²) in [6, 6.07) is 9.43. The summed E-state index contributed by atoms with van der Waals surface area (Å²) < 4.78 is 27.7. The highest BCUT2D eigenvalue weighted by atomic mass is 32.2. The van der Waals surface area contributed by atoms with Crippen LogP contribution in [0.2, 0.25) is 0 Å². The first-order chi connectivity index (χ1) is 16.4. The van der Waals surface area contributed by atoms with Crippen molar-refractivity contribution in [1.82, 2.24) is 4.31 Å². The van der Waals surface area contributed by atoms with Crippen LogP contribution in [-0.4, -0.2) is 56.3 Å². The Morgan fingerprint density at radius 3 is 2.24 bits per heavy atom. The molecular formula is C24H28N4O5S. The number of nitro benzene ring substituents is 1. The van der Waals surface area contributed by atoms with Crippen molar-refractivity contribution in [3.63, 3.8) is 0 Å². The molecule has 0 unspecified atom stereocenters. The molecule has 9 nitrogen and oxygen atoms in total. The van der Waals surface area contributed by atoms with Gasteiger partial charge in [0.25, 0.3) is 11.6 Å². The lowest BCUT2D eigenvalue weighted by Crippen LogP contribution is -2.35. The number of carbonyl (C=O) groups is 1. The second-order valence-electron chi connectivity index (χ2n) is 9.11. The molecule has 0 radical (unpaired) electrons. The van der Waals surface area contributed by atoms with Gasteiger partial charge in [0.1, 0.15) is 0 Å². The van der Waals surface area contributed by atoms with E-state index >= 15 is 0 Å². The van der Waals surface area contributed by atoms with Gasteiger partial charge < -0.3 is 9.80 Å². The lowest BCUT2D eigenvalue weighted by Gasteiger charge is -2.26. The van der Waals surface area contributed by atoms with Gasteiger partial charge in [0, 0.05) is 50.5 Å². The van der Waals surface area contributed by atoms with Gasteiger partial charge in [0.15, 0.2) is 0 Å². The fourth-order valence-electron chi connectivity index (χ4n) is 5.19. The van der Waals surface area contributed by atoms with Crippen LogP contribution in [0.25, 0.3) is 0 Å². The molecule has 0 saturated carbocycles. The first-order valence-electron chi connectivity index (χ1n) is 11.8. The third-order valence-corrected chi connectivity index (χ3v) is 8.91. The number of benzene rings is 2. The summed E-state index contributed by atoms with van der Waals surface area (Å²) in [5, 5.41) is 11.4. The largest absolute Gasteiger partial charge is 0.371 e. The summed E-state index contributed by atoms with van der Waals surface area (Å²) in [5.41, 5.74) is 2.38. The van der Waals surface area contributed by atoms with Gasteiger partial charge in [-0.25, -0.2) is 8.42 Å². The summed E-state index contributed by atoms with van der Waals surface area (Å²) in [4.78, 5) is 28.5. The van der Waals surface area contributed by atoms with Crippen LogP contribution >= 0.6 is 0 Å². The second-order valence-corrected chi connectivity index (χ2v) is 11.1. The minimum absolute atomic E-state index is 0.117. The molecule has 0 aliphatic carbocycles. The van der Waals surface area contributed by atoms with Gasteiger partial charge in [-0.15, -0.1) is 0 Å². The zero-order valence-electron chi connectivity index (χ0n) is 19.0. The van der Waals surface area contributed by atoms with Crippen LogP contribution in [0, 0.1) is 10.1 Å². The summed E-state index contributed by atoms with van der Waals surface area (Å²) in [6.07, 6.45) is 5.36. The molecule has 1 amide bonds. The van der Waals surface area contributed by atoms with Gasteiger partial charge in [-0.05, 0) is 61.9 Å². The summed E-state index contributed by atoms with van der Waals surface area (Å²) in [5.74, 6) is -0.295. The Hall–Kier alpha value is -2.98. The number of nitro groups is 1. The van der Waals surface area contributed by atoms with Gasteiger partial charge in [-0.3, -0.25) is 14.9 Å². The van der Waals surface area contributed by atoms with Gasteiger partial charge in [0.05, 0.1) is 21.1 Å². The number of anilines is 2. The quantitative estimate of drug-likeness (QED) is 0.475. The Bertz CT molecular complexity index is 1230. The molecule has 2 aromatic rings. The van der Waals surface area contributed by atoms with Gasteiger partial charge in [-0.1, -0.05) is 6.42 Å². The molecule has 34 heavy (non-hydrogen) atoms. The van der Waals surface area contributed by atoms with E-state index in [-0.39, 0.29) is 16.5 Å². The highest BCUT2D eigenvalue weighted by Gasteiger charge is 2.32. The molecule has 10 heteroatoms. The molecular weight excluding hydrogens is 456 g/mol. The van der Waals surface area contributed by atoms with Crippen LogP contribution < -0.4 is 9.80 Å². The standard InChI is InChI=1S/C24H28N4O5S/c29-24(21-17-19(28(30)31)6-8-23(21)25-11-4-5-12-25)27-15-10-18-16-20(7-9-22(18)27)34(32,33)26-13-2-1-3-14-26/h6-9,16-17H,1-5,10-15H2. The number of hydrogen-bond donors (Lipinski definition) is 0. The van der Waals surface area contributed by atoms with Gasteiger partial charge >= 0.3 is 0 Å². The molecule has 3 aliphatic rings. The third kappa shape index (κ3) is 4.05. The number of amides is 1. The van der Waals surface area contributed by atoms with E-state index in [1.807, 2.05) is 0 Å². The molecule has 5 rings (SSSR count). The number of carbonyl (C=O) groups excluding carboxylic acids is 1. The minimum atomic E-state index is -3.56. The van der Waals surface area contributed by atoms with Gasteiger partial charge in [-0.2, -0.15) is 4.31 Å². The predicted molar refractivity (Wildman–Crippen MR) is 129 cm³/mol. The smallest absolute Gasteiger partial charge is 0.270 e. The zero-order valence-corrected chi connectivity index (χ0v) is 19.8. The van der Waals surface area contributed by atoms with Crippen LogP contribution in [0.4, 0.5) is 17.1 Å². The molecule has 180 valence electrons. The molecule has 2 saturated heterocycles. The summed E-state index contributed by atoms with van der Waals surface area (Å²) >= 11 is 0. The van der Waals surface area contributed by atoms with Crippen LogP contribution in [0.1, 0.15) is 48.0 Å². The molecule has 0 bridgehead atoms. The maximum atomic E-state index is 13.6. The average molecular weight is 485 g/mol. The number of piperidine rings is 1. The molecule has 0 aromatic heterocycles. The second kappa shape index (κ2) is 8.99. The maximum absolute atomic E-state index is 13.6. The Morgan fingerprint density at radius 1 is 0.853 bits per heavy atom. The zero-order chi connectivity index (χ0) is 23.9. The van der Waals surface area contributed by atoms with E-state index in [1.165, 1.54) is 12.1 Å². The van der Waals surface area contributed by atoms with Crippen molar-refractivity contribution in [3.8, 4) is 0 Å². The van der Waals surface area contributed by atoms with Crippen molar-refractivity contribution in [3.05, 3.63) is 57.6 Å². The monoisotopic (exact) mass is 484 g/mol. The van der Waals surface area contributed by atoms with E-state index in [1.54, 1.807) is 33.5 Å². The maximum Gasteiger partial charge on any atom is 0.270 e. The lowest BCUT2D eigenvalue weighted by molar-refractivity contribution is -0.384. The van der Waals surface area contributed by atoms with E-state index in [4.69, 9.17) is 0 Å². The molecule has 2 aromatic carbocycles. The fraction of sp³-hybridized carbons (Fsp3) is 0.458. The molecule has 0 N–H and O–H groups in total. The minimum Gasteiger partial charge on any atom is -0.371 e. The Morgan fingerprint density at radius 2 is 1.53 bits per heavy atom. The third-order valence-electron chi connectivity index (χ3n) is 7.01. The highest BCUT2D eigenvalue weighted by molar-refractivity contribution is 7.89. The molecule has 3 heterocycles. The van der Waals surface area contributed by atoms with E-state index < -0.39 is 14.9 Å². The van der Waals surface area contributed by atoms with Crippen molar-refractivity contribution >= 4 is 33.0 Å². The molecule has 3 aliphatic heterocycles. The highest BCUT2D eigenvalue weighted by Crippen LogP contribution is 2.35. The number of fused-ring (bicyclic) bond motifs is 1. The van der Waals surface area contributed by atoms with Crippen molar-refractivity contribution in [2.24, 2.45) is 0 Å². The first-order valence-corrected chi connectivity index (χ1v) is 13.3. The number of rotatable bonds is 5. The van der Waals surface area contributed by atoms with Crippen LogP contribution in [-0.2, 0) is 16.4 Å². The topological polar surface area (TPSA) is 104 Å². The Kier molecular flexibility index (Phi) is 6.03. The number of hydrogen-bond acceptors (Lipinski definition) is 6. The van der Waals surface area contributed by atoms with Gasteiger partial charge in [0.2, 0.25) is 10.0 Å². The average Bonchev–Trinajstić information content (AvgIpc) is 3.53. The van der Waals surface area contributed by atoms with E-state index in [9.17, 15) is 23.3 Å². The van der Waals surface area contributed by atoms with E-state index in [2.05, 4.69) is 4.90 Å². The summed E-state index contributed by atoms with van der Waals surface area (Å²) in [7, 11) is -3.56. The number of nitrogens with zero attached hydrogens (tertiary/aromatic N) is 4. The van der Waals surface area contributed by atoms with E-state index in [0.29, 0.717) is 43.0 Å². The Labute approximate surface area is 199 Å². The molecule has 0 atom stereocenters. The number of non-ortho nitro benzene ring substituents is 1. The lowest BCUT2D eigenvalue weighted by atomic mass is 10.1.